The summed E-state index contributed by atoms with van der Waals surface area (Å²) in [4.78, 5) is 37.1. The van der Waals surface area contributed by atoms with Crippen molar-refractivity contribution < 1.29 is 19.1 Å². The van der Waals surface area contributed by atoms with Gasteiger partial charge in [0.05, 0.1) is 42.6 Å². The Morgan fingerprint density at radius 3 is 2.69 bits per heavy atom. The molecule has 4 rings (SSSR count). The fourth-order valence-electron chi connectivity index (χ4n) is 4.27. The molecule has 8 nitrogen and oxygen atoms in total. The Bertz CT molecular complexity index is 1240. The van der Waals surface area contributed by atoms with Crippen molar-refractivity contribution in [3.8, 4) is 0 Å². The second-order valence-corrected chi connectivity index (χ2v) is 9.49. The van der Waals surface area contributed by atoms with Crippen molar-refractivity contribution in [3.05, 3.63) is 87.4 Å². The Kier molecular flexibility index (Phi) is 8.22. The van der Waals surface area contributed by atoms with E-state index in [2.05, 4.69) is 16.4 Å². The molecule has 0 bridgehead atoms. The molecule has 1 aromatic heterocycles. The molecule has 2 aliphatic rings. The number of benzene rings is 1. The molecule has 0 spiro atoms. The first kappa shape index (κ1) is 25.7. The third kappa shape index (κ3) is 5.68. The van der Waals surface area contributed by atoms with Gasteiger partial charge in [0.2, 0.25) is 5.91 Å². The number of carbonyl (C=O) groups is 2. The largest absolute Gasteiger partial charge is 0.460 e. The van der Waals surface area contributed by atoms with Crippen molar-refractivity contribution in [2.45, 2.75) is 39.8 Å². The fraction of sp³-hybridized carbons (Fsp3) is 0.333. The minimum Gasteiger partial charge on any atom is -0.460 e. The molecular formula is C27H30N4O4S. The summed E-state index contributed by atoms with van der Waals surface area (Å²) in [6.45, 7) is 6.69. The van der Waals surface area contributed by atoms with Crippen molar-refractivity contribution in [2.24, 2.45) is 4.99 Å². The molecule has 0 aliphatic carbocycles. The molecule has 2 aliphatic heterocycles. The second-order valence-electron chi connectivity index (χ2n) is 8.66. The first-order chi connectivity index (χ1) is 17.4. The van der Waals surface area contributed by atoms with Crippen LogP contribution in [0.4, 0.5) is 0 Å². The standard InChI is InChI=1S/C27H30N4O4S/c1-17-8-9-22(18(2)13-17)25-24(26(33)35-12-11-34-4)19(3)30-27-31(25)21(16-36-27)14-23(32)29-15-20-7-5-6-10-28-20/h5-10,13,16,25H,11-12,14-15H2,1-4H3,(H,29,32). The number of nitrogens with one attached hydrogen (secondary N) is 1. The van der Waals surface area contributed by atoms with Crippen LogP contribution in [0.5, 0.6) is 0 Å². The maximum absolute atomic E-state index is 13.3. The lowest BCUT2D eigenvalue weighted by Crippen LogP contribution is -2.38. The Balaban J connectivity index is 1.62. The molecule has 0 fully saturated rings. The number of aromatic nitrogens is 1. The van der Waals surface area contributed by atoms with Gasteiger partial charge in [-0.3, -0.25) is 9.78 Å². The van der Waals surface area contributed by atoms with Gasteiger partial charge in [0.15, 0.2) is 5.17 Å². The maximum Gasteiger partial charge on any atom is 0.338 e. The molecule has 1 amide bonds. The Hall–Kier alpha value is -3.43. The summed E-state index contributed by atoms with van der Waals surface area (Å²) < 4.78 is 10.6. The van der Waals surface area contributed by atoms with Crippen LogP contribution in [0.25, 0.3) is 0 Å². The van der Waals surface area contributed by atoms with Crippen molar-refractivity contribution in [2.75, 3.05) is 20.3 Å². The van der Waals surface area contributed by atoms with Crippen LogP contribution in [0.1, 0.15) is 41.8 Å². The maximum atomic E-state index is 13.3. The van der Waals surface area contributed by atoms with Crippen LogP contribution >= 0.6 is 11.8 Å². The number of methoxy groups -OCH3 is 1. The SMILES string of the molecule is COCCOC(=O)C1=C(C)N=C2SC=C(CC(=O)NCc3ccccn3)N2C1c1ccc(C)cc1C. The van der Waals surface area contributed by atoms with Gasteiger partial charge >= 0.3 is 5.97 Å². The lowest BCUT2D eigenvalue weighted by molar-refractivity contribution is -0.141. The van der Waals surface area contributed by atoms with E-state index < -0.39 is 12.0 Å². The number of thioether (sulfide) groups is 1. The molecule has 188 valence electrons. The normalized spacial score (nSPS) is 16.9. The molecular weight excluding hydrogens is 476 g/mol. The summed E-state index contributed by atoms with van der Waals surface area (Å²) in [7, 11) is 1.56. The van der Waals surface area contributed by atoms with E-state index in [0.717, 1.165) is 33.2 Å². The molecule has 2 aromatic rings. The Morgan fingerprint density at radius 1 is 1.14 bits per heavy atom. The molecule has 36 heavy (non-hydrogen) atoms. The van der Waals surface area contributed by atoms with E-state index in [1.54, 1.807) is 13.3 Å². The topological polar surface area (TPSA) is 93.1 Å². The van der Waals surface area contributed by atoms with Gasteiger partial charge in [-0.15, -0.1) is 0 Å². The molecule has 3 heterocycles. The molecule has 0 radical (unpaired) electrons. The summed E-state index contributed by atoms with van der Waals surface area (Å²) >= 11 is 1.45. The molecule has 1 unspecified atom stereocenters. The molecule has 9 heteroatoms. The van der Waals surface area contributed by atoms with E-state index in [-0.39, 0.29) is 18.9 Å². The number of aliphatic imine (C=N–C) groups is 1. The van der Waals surface area contributed by atoms with E-state index in [4.69, 9.17) is 14.5 Å². The van der Waals surface area contributed by atoms with Gasteiger partial charge in [0.1, 0.15) is 6.61 Å². The summed E-state index contributed by atoms with van der Waals surface area (Å²) in [5, 5.41) is 5.60. The lowest BCUT2D eigenvalue weighted by atomic mass is 9.90. The van der Waals surface area contributed by atoms with Gasteiger partial charge in [-0.25, -0.2) is 9.79 Å². The van der Waals surface area contributed by atoms with Crippen LogP contribution in [-0.2, 0) is 25.6 Å². The van der Waals surface area contributed by atoms with Crippen LogP contribution in [0.15, 0.2) is 70.0 Å². The number of ether oxygens (including phenoxy) is 2. The number of fused-ring (bicyclic) bond motifs is 1. The number of amidine groups is 1. The highest BCUT2D eigenvalue weighted by molar-refractivity contribution is 8.16. The number of rotatable bonds is 9. The summed E-state index contributed by atoms with van der Waals surface area (Å²) in [5.74, 6) is -0.572. The predicted octanol–water partition coefficient (Wildman–Crippen LogP) is 4.17. The van der Waals surface area contributed by atoms with Crippen LogP contribution in [0.2, 0.25) is 0 Å². The van der Waals surface area contributed by atoms with E-state index in [9.17, 15) is 9.59 Å². The monoisotopic (exact) mass is 506 g/mol. The summed E-state index contributed by atoms with van der Waals surface area (Å²) in [6.07, 6.45) is 1.84. The summed E-state index contributed by atoms with van der Waals surface area (Å²) in [5.41, 5.74) is 5.77. The minimum atomic E-state index is -0.460. The number of carbonyl (C=O) groups excluding carboxylic acids is 2. The van der Waals surface area contributed by atoms with Crippen LogP contribution in [0.3, 0.4) is 0 Å². The van der Waals surface area contributed by atoms with Gasteiger partial charge < -0.3 is 19.7 Å². The molecule has 0 saturated carbocycles. The van der Waals surface area contributed by atoms with Crippen LogP contribution < -0.4 is 5.32 Å². The number of esters is 1. The highest BCUT2D eigenvalue weighted by atomic mass is 32.2. The fourth-order valence-corrected chi connectivity index (χ4v) is 5.24. The zero-order valence-electron chi connectivity index (χ0n) is 20.9. The highest BCUT2D eigenvalue weighted by Crippen LogP contribution is 2.45. The second kappa shape index (κ2) is 11.5. The van der Waals surface area contributed by atoms with Crippen molar-refractivity contribution in [1.82, 2.24) is 15.2 Å². The van der Waals surface area contributed by atoms with E-state index >= 15 is 0 Å². The number of nitrogens with zero attached hydrogens (tertiary/aromatic N) is 3. The highest BCUT2D eigenvalue weighted by Gasteiger charge is 2.41. The number of hydrogen-bond donors (Lipinski definition) is 1. The Morgan fingerprint density at radius 2 is 1.97 bits per heavy atom. The zero-order chi connectivity index (χ0) is 25.7. The molecule has 1 aromatic carbocycles. The molecule has 0 saturated heterocycles. The number of pyridine rings is 1. The predicted molar refractivity (Wildman–Crippen MR) is 140 cm³/mol. The van der Waals surface area contributed by atoms with Crippen LogP contribution in [0, 0.1) is 13.8 Å². The first-order valence-electron chi connectivity index (χ1n) is 11.7. The van der Waals surface area contributed by atoms with Gasteiger partial charge in [0, 0.05) is 19.0 Å². The van der Waals surface area contributed by atoms with Crippen molar-refractivity contribution >= 4 is 28.8 Å². The first-order valence-corrected chi connectivity index (χ1v) is 12.6. The lowest BCUT2D eigenvalue weighted by Gasteiger charge is -2.37. The van der Waals surface area contributed by atoms with E-state index in [1.807, 2.05) is 61.4 Å². The zero-order valence-corrected chi connectivity index (χ0v) is 21.7. The average Bonchev–Trinajstić information content (AvgIpc) is 3.24. The molecule has 1 atom stereocenters. The van der Waals surface area contributed by atoms with Gasteiger partial charge in [-0.2, -0.15) is 0 Å². The number of allylic oxidation sites excluding steroid dienone is 1. The van der Waals surface area contributed by atoms with Gasteiger partial charge in [0.25, 0.3) is 0 Å². The number of hydrogen-bond acceptors (Lipinski definition) is 8. The van der Waals surface area contributed by atoms with Crippen LogP contribution in [-0.4, -0.2) is 47.3 Å². The van der Waals surface area contributed by atoms with E-state index in [0.29, 0.717) is 24.4 Å². The third-order valence-electron chi connectivity index (χ3n) is 6.00. The Labute approximate surface area is 215 Å². The van der Waals surface area contributed by atoms with Gasteiger partial charge in [-0.05, 0) is 49.4 Å². The van der Waals surface area contributed by atoms with E-state index in [1.165, 1.54) is 11.8 Å². The summed E-state index contributed by atoms with van der Waals surface area (Å²) in [6, 6.07) is 11.3. The number of amides is 1. The molecule has 1 N–H and O–H groups in total. The average molecular weight is 507 g/mol. The van der Waals surface area contributed by atoms with Crippen molar-refractivity contribution in [1.29, 1.82) is 0 Å². The third-order valence-corrected chi connectivity index (χ3v) is 6.88. The minimum absolute atomic E-state index is 0.136. The van der Waals surface area contributed by atoms with Gasteiger partial charge in [-0.1, -0.05) is 41.6 Å². The van der Waals surface area contributed by atoms with Crippen molar-refractivity contribution in [3.63, 3.8) is 0 Å². The quantitative estimate of drug-likeness (QED) is 0.403. The smallest absolute Gasteiger partial charge is 0.338 e. The number of aryl methyl sites for hydroxylation is 2.